The van der Waals surface area contributed by atoms with Crippen LogP contribution in [0.1, 0.15) is 0 Å². The average Bonchev–Trinajstić information content (AvgIpc) is 2.29. The molecule has 0 heterocycles. The molecule has 0 unspecified atom stereocenters. The van der Waals surface area contributed by atoms with Gasteiger partial charge < -0.3 is 16.9 Å². The molecule has 5 nitrogen and oxygen atoms in total. The van der Waals surface area contributed by atoms with Crippen molar-refractivity contribution in [3.8, 4) is 0 Å². The van der Waals surface area contributed by atoms with Gasteiger partial charge in [0.1, 0.15) is 5.82 Å². The highest BCUT2D eigenvalue weighted by Crippen LogP contribution is 2.19. The van der Waals surface area contributed by atoms with Crippen LogP contribution >= 0.6 is 27.7 Å². The summed E-state index contributed by atoms with van der Waals surface area (Å²) < 4.78 is 14.0. The molecule has 17 heavy (non-hydrogen) atoms. The number of rotatable bonds is 3. The van der Waals surface area contributed by atoms with Crippen molar-refractivity contribution in [2.24, 2.45) is 16.7 Å². The maximum Gasteiger partial charge on any atom is 0.234 e. The predicted molar refractivity (Wildman–Crippen MR) is 71.0 cm³/mol. The fourth-order valence-corrected chi connectivity index (χ4v) is 1.71. The number of carbonyl (C=O) groups excluding carboxylic acids is 1. The monoisotopic (exact) mass is 320 g/mol. The van der Waals surface area contributed by atoms with Crippen molar-refractivity contribution in [2.45, 2.75) is 0 Å². The lowest BCUT2D eigenvalue weighted by Crippen LogP contribution is -2.19. The number of amidine groups is 1. The van der Waals surface area contributed by atoms with E-state index in [1.807, 2.05) is 0 Å². The minimum Gasteiger partial charge on any atom is -0.377 e. The molecule has 1 rings (SSSR count). The number of amides is 1. The van der Waals surface area contributed by atoms with Crippen LogP contribution < -0.4 is 16.9 Å². The van der Waals surface area contributed by atoms with Gasteiger partial charge in [-0.1, -0.05) is 27.7 Å². The van der Waals surface area contributed by atoms with Gasteiger partial charge in [0, 0.05) is 4.47 Å². The van der Waals surface area contributed by atoms with E-state index in [0.29, 0.717) is 4.47 Å². The number of nitrogens with one attached hydrogen (secondary N) is 1. The molecule has 5 N–H and O–H groups in total. The molecular weight excluding hydrogens is 311 g/mol. The van der Waals surface area contributed by atoms with Gasteiger partial charge in [-0.2, -0.15) is 5.10 Å². The number of thioether (sulfide) groups is 1. The average molecular weight is 321 g/mol. The van der Waals surface area contributed by atoms with Crippen molar-refractivity contribution in [3.05, 3.63) is 28.5 Å². The smallest absolute Gasteiger partial charge is 0.234 e. The van der Waals surface area contributed by atoms with E-state index >= 15 is 0 Å². The normalized spacial score (nSPS) is 11.3. The fourth-order valence-electron chi connectivity index (χ4n) is 0.954. The van der Waals surface area contributed by atoms with Gasteiger partial charge in [0.2, 0.25) is 5.91 Å². The second kappa shape index (κ2) is 6.45. The maximum absolute atomic E-state index is 13.4. The number of hydrazone groups is 1. The van der Waals surface area contributed by atoms with E-state index in [0.717, 1.165) is 11.8 Å². The first kappa shape index (κ1) is 13.8. The van der Waals surface area contributed by atoms with Crippen LogP contribution in [0.2, 0.25) is 0 Å². The number of nitrogens with two attached hydrogens (primary N) is 2. The van der Waals surface area contributed by atoms with E-state index in [-0.39, 0.29) is 22.5 Å². The van der Waals surface area contributed by atoms with Crippen LogP contribution in [-0.2, 0) is 4.79 Å². The molecule has 0 aromatic heterocycles. The van der Waals surface area contributed by atoms with Crippen molar-refractivity contribution in [1.82, 2.24) is 0 Å². The molecule has 0 aliphatic heterocycles. The summed E-state index contributed by atoms with van der Waals surface area (Å²) >= 11 is 4.09. The van der Waals surface area contributed by atoms with Gasteiger partial charge in [-0.3, -0.25) is 4.79 Å². The predicted octanol–water partition coefficient (Wildman–Crippen LogP) is 1.45. The number of carbonyl (C=O) groups is 1. The van der Waals surface area contributed by atoms with E-state index in [4.69, 9.17) is 11.6 Å². The summed E-state index contributed by atoms with van der Waals surface area (Å²) in [6, 6.07) is 4.35. The zero-order valence-corrected chi connectivity index (χ0v) is 11.0. The molecule has 1 aromatic carbocycles. The van der Waals surface area contributed by atoms with E-state index in [9.17, 15) is 9.18 Å². The molecular formula is C9H10BrFN4OS. The van der Waals surface area contributed by atoms with E-state index in [2.05, 4.69) is 26.3 Å². The van der Waals surface area contributed by atoms with Crippen molar-refractivity contribution in [2.75, 3.05) is 11.1 Å². The minimum absolute atomic E-state index is 0.0159. The van der Waals surface area contributed by atoms with Crippen LogP contribution in [0.4, 0.5) is 10.1 Å². The first-order valence-electron chi connectivity index (χ1n) is 4.44. The molecule has 8 heteroatoms. The zero-order chi connectivity index (χ0) is 12.8. The highest BCUT2D eigenvalue weighted by atomic mass is 79.9. The summed E-state index contributed by atoms with van der Waals surface area (Å²) in [5.41, 5.74) is 5.41. The Balaban J connectivity index is 2.56. The van der Waals surface area contributed by atoms with Gasteiger partial charge in [0.25, 0.3) is 0 Å². The Morgan fingerprint density at radius 2 is 2.29 bits per heavy atom. The molecule has 0 atom stereocenters. The number of nitrogens with zero attached hydrogens (tertiary/aromatic N) is 1. The summed E-state index contributed by atoms with van der Waals surface area (Å²) in [6.07, 6.45) is 0. The number of hydrogen-bond acceptors (Lipinski definition) is 4. The van der Waals surface area contributed by atoms with Crippen LogP contribution in [0.25, 0.3) is 0 Å². The summed E-state index contributed by atoms with van der Waals surface area (Å²) in [5, 5.41) is 5.70. The largest absolute Gasteiger partial charge is 0.377 e. The maximum atomic E-state index is 13.4. The third kappa shape index (κ3) is 4.61. The molecule has 0 saturated heterocycles. The first-order valence-corrected chi connectivity index (χ1v) is 6.22. The van der Waals surface area contributed by atoms with Crippen LogP contribution in [0.3, 0.4) is 0 Å². The van der Waals surface area contributed by atoms with Gasteiger partial charge in [-0.05, 0) is 18.2 Å². The third-order valence-corrected chi connectivity index (χ3v) is 2.98. The first-order chi connectivity index (χ1) is 8.02. The van der Waals surface area contributed by atoms with E-state index < -0.39 is 5.82 Å². The van der Waals surface area contributed by atoms with Crippen molar-refractivity contribution < 1.29 is 9.18 Å². The quantitative estimate of drug-likeness (QED) is 0.340. The molecule has 0 fully saturated rings. The van der Waals surface area contributed by atoms with Crippen molar-refractivity contribution >= 4 is 44.5 Å². The van der Waals surface area contributed by atoms with Crippen molar-refractivity contribution in [1.29, 1.82) is 0 Å². The molecule has 1 amide bonds. The lowest BCUT2D eigenvalue weighted by Gasteiger charge is -2.06. The Labute approximate surface area is 110 Å². The van der Waals surface area contributed by atoms with Gasteiger partial charge >= 0.3 is 0 Å². The Morgan fingerprint density at radius 1 is 1.59 bits per heavy atom. The topological polar surface area (TPSA) is 93.5 Å². The zero-order valence-electron chi connectivity index (χ0n) is 8.61. The lowest BCUT2D eigenvalue weighted by molar-refractivity contribution is -0.113. The molecule has 0 bridgehead atoms. The second-order valence-corrected chi connectivity index (χ2v) is 4.84. The van der Waals surface area contributed by atoms with Crippen molar-refractivity contribution in [3.63, 3.8) is 0 Å². The third-order valence-electron chi connectivity index (χ3n) is 1.68. The van der Waals surface area contributed by atoms with E-state index in [1.54, 1.807) is 6.07 Å². The van der Waals surface area contributed by atoms with Crippen LogP contribution in [-0.4, -0.2) is 16.8 Å². The number of hydrogen-bond donors (Lipinski definition) is 3. The Kier molecular flexibility index (Phi) is 5.23. The van der Waals surface area contributed by atoms with Crippen LogP contribution in [0.15, 0.2) is 27.8 Å². The van der Waals surface area contributed by atoms with Crippen LogP contribution in [0.5, 0.6) is 0 Å². The van der Waals surface area contributed by atoms with Gasteiger partial charge in [0.15, 0.2) is 5.17 Å². The standard InChI is InChI=1S/C9H10BrFN4OS/c10-5-1-2-7(6(11)3-5)14-8(16)4-17-9(12)15-13/h1-3H,4,13H2,(H2,12,15)(H,14,16). The van der Waals surface area contributed by atoms with Crippen LogP contribution in [0, 0.1) is 5.82 Å². The second-order valence-electron chi connectivity index (χ2n) is 2.93. The molecule has 0 aliphatic rings. The molecule has 0 radical (unpaired) electrons. The number of anilines is 1. The Hall–Kier alpha value is -1.28. The lowest BCUT2D eigenvalue weighted by atomic mass is 10.3. The summed E-state index contributed by atoms with van der Waals surface area (Å²) in [6.45, 7) is 0. The number of halogens is 2. The van der Waals surface area contributed by atoms with E-state index in [1.165, 1.54) is 12.1 Å². The minimum atomic E-state index is -0.516. The summed E-state index contributed by atoms with van der Waals surface area (Å²) in [4.78, 5) is 11.4. The molecule has 0 spiro atoms. The molecule has 0 saturated carbocycles. The van der Waals surface area contributed by atoms with Gasteiger partial charge in [-0.25, -0.2) is 4.39 Å². The van der Waals surface area contributed by atoms with Gasteiger partial charge in [-0.15, -0.1) is 0 Å². The highest BCUT2D eigenvalue weighted by molar-refractivity contribution is 9.10. The molecule has 92 valence electrons. The SMILES string of the molecule is NN=C(N)SCC(=O)Nc1ccc(Br)cc1F. The molecule has 1 aromatic rings. The Bertz CT molecular complexity index is 455. The number of benzene rings is 1. The molecule has 0 aliphatic carbocycles. The summed E-state index contributed by atoms with van der Waals surface area (Å²) in [7, 11) is 0. The highest BCUT2D eigenvalue weighted by Gasteiger charge is 2.08. The van der Waals surface area contributed by atoms with Gasteiger partial charge in [0.05, 0.1) is 11.4 Å². The summed E-state index contributed by atoms with van der Waals surface area (Å²) in [5.74, 6) is 4.01. The fraction of sp³-hybridized carbons (Fsp3) is 0.111. The Morgan fingerprint density at radius 3 is 2.88 bits per heavy atom.